The van der Waals surface area contributed by atoms with E-state index in [1.165, 1.54) is 0 Å². The Bertz CT molecular complexity index is 531. The Balaban J connectivity index is 2.21. The second-order valence-corrected chi connectivity index (χ2v) is 5.45. The van der Waals surface area contributed by atoms with Crippen LogP contribution < -0.4 is 0 Å². The van der Waals surface area contributed by atoms with Crippen LogP contribution in [0.4, 0.5) is 0 Å². The van der Waals surface area contributed by atoms with Crippen molar-refractivity contribution in [2.45, 2.75) is 38.8 Å². The van der Waals surface area contributed by atoms with Gasteiger partial charge in [0.2, 0.25) is 0 Å². The van der Waals surface area contributed by atoms with Crippen LogP contribution in [0.3, 0.4) is 0 Å². The predicted octanol–water partition coefficient (Wildman–Crippen LogP) is 3.40. The molecule has 0 aliphatic carbocycles. The van der Waals surface area contributed by atoms with Gasteiger partial charge in [-0.05, 0) is 37.1 Å². The van der Waals surface area contributed by atoms with Crippen molar-refractivity contribution in [1.82, 2.24) is 9.78 Å². The van der Waals surface area contributed by atoms with E-state index in [9.17, 15) is 5.11 Å². The number of hydrogen-bond donors (Lipinski definition) is 1. The fourth-order valence-corrected chi connectivity index (χ4v) is 2.40. The summed E-state index contributed by atoms with van der Waals surface area (Å²) in [7, 11) is 0. The quantitative estimate of drug-likeness (QED) is 0.910. The third-order valence-electron chi connectivity index (χ3n) is 3.17. The molecular formula is C15H19ClN2O. The Labute approximate surface area is 118 Å². The molecule has 0 radical (unpaired) electrons. The number of aromatic nitrogens is 2. The van der Waals surface area contributed by atoms with Crippen LogP contribution in [-0.4, -0.2) is 14.9 Å². The van der Waals surface area contributed by atoms with Gasteiger partial charge < -0.3 is 5.11 Å². The maximum Gasteiger partial charge on any atom is 0.107 e. The number of aryl methyl sites for hydroxylation is 1. The Morgan fingerprint density at radius 3 is 2.58 bits per heavy atom. The van der Waals surface area contributed by atoms with Gasteiger partial charge in [-0.15, -0.1) is 0 Å². The molecule has 1 aromatic heterocycles. The molecule has 2 aromatic rings. The highest BCUT2D eigenvalue weighted by Gasteiger charge is 2.27. The summed E-state index contributed by atoms with van der Waals surface area (Å²) in [4.78, 5) is 0. The molecule has 19 heavy (non-hydrogen) atoms. The smallest absolute Gasteiger partial charge is 0.107 e. The average molecular weight is 279 g/mol. The molecule has 0 aliphatic heterocycles. The minimum atomic E-state index is -0.931. The molecule has 102 valence electrons. The molecule has 0 saturated heterocycles. The maximum absolute atomic E-state index is 10.7. The first-order valence-electron chi connectivity index (χ1n) is 6.52. The minimum Gasteiger partial charge on any atom is -0.384 e. The number of benzene rings is 1. The van der Waals surface area contributed by atoms with Crippen LogP contribution in [0.1, 0.15) is 31.5 Å². The molecule has 3 nitrogen and oxygen atoms in total. The van der Waals surface area contributed by atoms with E-state index in [1.54, 1.807) is 6.20 Å². The molecule has 4 heteroatoms. The Morgan fingerprint density at radius 2 is 1.95 bits per heavy atom. The lowest BCUT2D eigenvalue weighted by molar-refractivity contribution is 0.0477. The molecule has 1 atom stereocenters. The van der Waals surface area contributed by atoms with Crippen LogP contribution in [0, 0.1) is 0 Å². The monoisotopic (exact) mass is 278 g/mol. The fourth-order valence-electron chi connectivity index (χ4n) is 2.27. The van der Waals surface area contributed by atoms with Crippen molar-refractivity contribution >= 4 is 11.6 Å². The standard InChI is InChI=1S/C15H19ClN2O/c1-3-10-18-14(8-9-17-18)15(2,19)11-12-4-6-13(16)7-5-12/h4-9,19H,3,10-11H2,1-2H3. The summed E-state index contributed by atoms with van der Waals surface area (Å²) in [5, 5.41) is 15.7. The van der Waals surface area contributed by atoms with Crippen molar-refractivity contribution in [3.05, 3.63) is 52.8 Å². The van der Waals surface area contributed by atoms with Crippen LogP contribution in [0.25, 0.3) is 0 Å². The number of rotatable bonds is 5. The van der Waals surface area contributed by atoms with Gasteiger partial charge in [-0.2, -0.15) is 5.10 Å². The Morgan fingerprint density at radius 1 is 1.26 bits per heavy atom. The summed E-state index contributed by atoms with van der Waals surface area (Å²) < 4.78 is 1.87. The highest BCUT2D eigenvalue weighted by atomic mass is 35.5. The number of hydrogen-bond acceptors (Lipinski definition) is 2. The maximum atomic E-state index is 10.7. The van der Waals surface area contributed by atoms with E-state index in [4.69, 9.17) is 11.6 Å². The topological polar surface area (TPSA) is 38.0 Å². The summed E-state index contributed by atoms with van der Waals surface area (Å²) in [6.07, 6.45) is 3.27. The van der Waals surface area contributed by atoms with Crippen molar-refractivity contribution in [2.75, 3.05) is 0 Å². The zero-order valence-corrected chi connectivity index (χ0v) is 12.1. The SMILES string of the molecule is CCCn1nccc1C(C)(O)Cc1ccc(Cl)cc1. The van der Waals surface area contributed by atoms with Crippen molar-refractivity contribution in [2.24, 2.45) is 0 Å². The number of aliphatic hydroxyl groups is 1. The molecule has 1 unspecified atom stereocenters. The predicted molar refractivity (Wildman–Crippen MR) is 77.2 cm³/mol. The van der Waals surface area contributed by atoms with Crippen LogP contribution >= 0.6 is 11.6 Å². The van der Waals surface area contributed by atoms with Crippen LogP contribution in [0.2, 0.25) is 5.02 Å². The summed E-state index contributed by atoms with van der Waals surface area (Å²) >= 11 is 5.87. The summed E-state index contributed by atoms with van der Waals surface area (Å²) in [5.74, 6) is 0. The summed E-state index contributed by atoms with van der Waals surface area (Å²) in [5.41, 5.74) is 0.974. The van der Waals surface area contributed by atoms with Gasteiger partial charge in [-0.1, -0.05) is 30.7 Å². The molecule has 0 spiro atoms. The lowest BCUT2D eigenvalue weighted by Crippen LogP contribution is -2.28. The highest BCUT2D eigenvalue weighted by Crippen LogP contribution is 2.26. The minimum absolute atomic E-state index is 0.541. The van der Waals surface area contributed by atoms with E-state index >= 15 is 0 Å². The lowest BCUT2D eigenvalue weighted by atomic mass is 9.93. The molecule has 1 heterocycles. The zero-order valence-electron chi connectivity index (χ0n) is 11.3. The first kappa shape index (κ1) is 14.1. The van der Waals surface area contributed by atoms with Gasteiger partial charge in [-0.25, -0.2) is 0 Å². The number of halogens is 1. The van der Waals surface area contributed by atoms with Crippen molar-refractivity contribution in [1.29, 1.82) is 0 Å². The van der Waals surface area contributed by atoms with Gasteiger partial charge in [0.1, 0.15) is 5.60 Å². The zero-order chi connectivity index (χ0) is 13.9. The molecule has 0 bridgehead atoms. The van der Waals surface area contributed by atoms with E-state index in [2.05, 4.69) is 12.0 Å². The van der Waals surface area contributed by atoms with E-state index in [-0.39, 0.29) is 0 Å². The van der Waals surface area contributed by atoms with Gasteiger partial charge in [0, 0.05) is 24.2 Å². The third-order valence-corrected chi connectivity index (χ3v) is 3.42. The Kier molecular flexibility index (Phi) is 4.27. The highest BCUT2D eigenvalue weighted by molar-refractivity contribution is 6.30. The van der Waals surface area contributed by atoms with Crippen LogP contribution in [0.15, 0.2) is 36.5 Å². The first-order chi connectivity index (χ1) is 9.03. The van der Waals surface area contributed by atoms with Crippen molar-refractivity contribution in [3.8, 4) is 0 Å². The molecule has 0 amide bonds. The summed E-state index contributed by atoms with van der Waals surface area (Å²) in [6.45, 7) is 4.74. The third kappa shape index (κ3) is 3.37. The van der Waals surface area contributed by atoms with Crippen LogP contribution in [-0.2, 0) is 18.6 Å². The van der Waals surface area contributed by atoms with Crippen molar-refractivity contribution < 1.29 is 5.11 Å². The molecular weight excluding hydrogens is 260 g/mol. The average Bonchev–Trinajstić information content (AvgIpc) is 2.81. The fraction of sp³-hybridized carbons (Fsp3) is 0.400. The van der Waals surface area contributed by atoms with E-state index in [0.29, 0.717) is 11.4 Å². The van der Waals surface area contributed by atoms with E-state index in [1.807, 2.05) is 41.9 Å². The van der Waals surface area contributed by atoms with Gasteiger partial charge >= 0.3 is 0 Å². The second-order valence-electron chi connectivity index (χ2n) is 5.02. The van der Waals surface area contributed by atoms with Gasteiger partial charge in [0.25, 0.3) is 0 Å². The normalized spacial score (nSPS) is 14.3. The molecule has 0 saturated carbocycles. The molecule has 0 fully saturated rings. The van der Waals surface area contributed by atoms with Crippen LogP contribution in [0.5, 0.6) is 0 Å². The van der Waals surface area contributed by atoms with E-state index < -0.39 is 5.60 Å². The molecule has 1 aromatic carbocycles. The van der Waals surface area contributed by atoms with Gasteiger partial charge in [0.15, 0.2) is 0 Å². The largest absolute Gasteiger partial charge is 0.384 e. The lowest BCUT2D eigenvalue weighted by Gasteiger charge is -2.24. The molecule has 0 aliphatic rings. The second kappa shape index (κ2) is 5.76. The molecule has 1 N–H and O–H groups in total. The Hall–Kier alpha value is -1.32. The van der Waals surface area contributed by atoms with Gasteiger partial charge in [-0.3, -0.25) is 4.68 Å². The summed E-state index contributed by atoms with van der Waals surface area (Å²) in [6, 6.07) is 9.45. The first-order valence-corrected chi connectivity index (χ1v) is 6.90. The van der Waals surface area contributed by atoms with Gasteiger partial charge in [0.05, 0.1) is 5.69 Å². The van der Waals surface area contributed by atoms with Crippen molar-refractivity contribution in [3.63, 3.8) is 0 Å². The van der Waals surface area contributed by atoms with E-state index in [0.717, 1.165) is 24.2 Å². The molecule has 2 rings (SSSR count). The number of nitrogens with zero attached hydrogens (tertiary/aromatic N) is 2.